The Morgan fingerprint density at radius 2 is 2.21 bits per heavy atom. The number of ether oxygens (including phenoxy) is 1. The van der Waals surface area contributed by atoms with E-state index in [4.69, 9.17) is 9.15 Å². The Balaban J connectivity index is 1.40. The van der Waals surface area contributed by atoms with Crippen LogP contribution in [-0.2, 0) is 4.74 Å². The van der Waals surface area contributed by atoms with Crippen molar-refractivity contribution in [1.82, 2.24) is 25.3 Å². The second-order valence-corrected chi connectivity index (χ2v) is 7.50. The van der Waals surface area contributed by atoms with Gasteiger partial charge in [-0.15, -0.1) is 0 Å². The van der Waals surface area contributed by atoms with E-state index in [1.165, 1.54) is 0 Å². The maximum atomic E-state index is 12.7. The predicted molar refractivity (Wildman–Crippen MR) is 104 cm³/mol. The van der Waals surface area contributed by atoms with E-state index in [-0.39, 0.29) is 11.9 Å². The van der Waals surface area contributed by atoms with E-state index in [1.807, 2.05) is 29.9 Å². The van der Waals surface area contributed by atoms with Crippen LogP contribution in [0.3, 0.4) is 0 Å². The van der Waals surface area contributed by atoms with Gasteiger partial charge in [-0.3, -0.25) is 14.4 Å². The minimum absolute atomic E-state index is 0.00817. The molecule has 2 atom stereocenters. The van der Waals surface area contributed by atoms with Crippen molar-refractivity contribution in [3.8, 4) is 0 Å². The summed E-state index contributed by atoms with van der Waals surface area (Å²) < 4.78 is 13.2. The summed E-state index contributed by atoms with van der Waals surface area (Å²) in [4.78, 5) is 15.0. The quantitative estimate of drug-likeness (QED) is 0.782. The third-order valence-corrected chi connectivity index (χ3v) is 5.52. The van der Waals surface area contributed by atoms with E-state index in [2.05, 4.69) is 20.6 Å². The van der Waals surface area contributed by atoms with E-state index in [0.717, 1.165) is 50.5 Å². The first-order valence-corrected chi connectivity index (χ1v) is 10.1. The van der Waals surface area contributed by atoms with Crippen LogP contribution in [0, 0.1) is 6.92 Å². The molecule has 2 unspecified atom stereocenters. The van der Waals surface area contributed by atoms with Crippen molar-refractivity contribution in [2.45, 2.75) is 31.8 Å². The topological polar surface area (TPSA) is 84.6 Å². The number of nitrogens with one attached hydrogen (secondary N) is 2. The van der Waals surface area contributed by atoms with E-state index in [0.29, 0.717) is 31.5 Å². The molecule has 8 heteroatoms. The Kier molecular flexibility index (Phi) is 6.09. The molecule has 2 fully saturated rings. The van der Waals surface area contributed by atoms with Crippen molar-refractivity contribution in [3.05, 3.63) is 41.6 Å². The summed E-state index contributed by atoms with van der Waals surface area (Å²) in [6, 6.07) is 6.07. The maximum Gasteiger partial charge on any atom is 0.271 e. The van der Waals surface area contributed by atoms with E-state index in [9.17, 15) is 4.79 Å². The first-order valence-electron chi connectivity index (χ1n) is 10.1. The van der Waals surface area contributed by atoms with Crippen LogP contribution in [0.15, 0.2) is 28.8 Å². The molecule has 2 N–H and O–H groups in total. The highest BCUT2D eigenvalue weighted by Gasteiger charge is 2.26. The first-order chi connectivity index (χ1) is 13.7. The lowest BCUT2D eigenvalue weighted by atomic mass is 10.1. The van der Waals surface area contributed by atoms with Crippen molar-refractivity contribution < 1.29 is 13.9 Å². The molecule has 2 saturated heterocycles. The number of carbonyl (C=O) groups is 1. The standard InChI is InChI=1S/C20H29N5O3/c1-15-4-5-19(28-15)18(24-9-11-27-12-10-24)14-22-20(26)17-6-8-25(23-17)16-3-2-7-21-13-16/h4-6,8,16,18,21H,2-3,7,9-14H2,1H3,(H,22,26). The van der Waals surface area contributed by atoms with Crippen molar-refractivity contribution >= 4 is 5.91 Å². The number of carbonyl (C=O) groups excluding carboxylic acids is 1. The fourth-order valence-corrected chi connectivity index (χ4v) is 3.93. The van der Waals surface area contributed by atoms with Crippen LogP contribution >= 0.6 is 0 Å². The second kappa shape index (κ2) is 8.89. The number of aromatic nitrogens is 2. The van der Waals surface area contributed by atoms with Gasteiger partial charge in [0.1, 0.15) is 17.2 Å². The Labute approximate surface area is 165 Å². The average molecular weight is 387 g/mol. The van der Waals surface area contributed by atoms with Crippen LogP contribution in [0.2, 0.25) is 0 Å². The molecule has 1 amide bonds. The number of nitrogens with zero attached hydrogens (tertiary/aromatic N) is 3. The van der Waals surface area contributed by atoms with Crippen LogP contribution in [0.1, 0.15) is 46.9 Å². The number of morpholine rings is 1. The maximum absolute atomic E-state index is 12.7. The molecule has 2 aromatic rings. The third-order valence-electron chi connectivity index (χ3n) is 5.52. The Hall–Kier alpha value is -2.16. The number of piperidine rings is 1. The van der Waals surface area contributed by atoms with Crippen LogP contribution < -0.4 is 10.6 Å². The van der Waals surface area contributed by atoms with Gasteiger partial charge in [0.15, 0.2) is 0 Å². The molecule has 4 rings (SSSR count). The van der Waals surface area contributed by atoms with E-state index >= 15 is 0 Å². The highest BCUT2D eigenvalue weighted by Crippen LogP contribution is 2.23. The number of hydrogen-bond donors (Lipinski definition) is 2. The number of amides is 1. The summed E-state index contributed by atoms with van der Waals surface area (Å²) in [5.41, 5.74) is 0.460. The highest BCUT2D eigenvalue weighted by atomic mass is 16.5. The van der Waals surface area contributed by atoms with Gasteiger partial charge in [-0.1, -0.05) is 0 Å². The van der Waals surface area contributed by atoms with Gasteiger partial charge in [0.05, 0.1) is 25.3 Å². The van der Waals surface area contributed by atoms with Crippen LogP contribution in [0.4, 0.5) is 0 Å². The van der Waals surface area contributed by atoms with Crippen molar-refractivity contribution in [2.24, 2.45) is 0 Å². The molecule has 0 aromatic carbocycles. The molecule has 2 aliphatic rings. The molecular weight excluding hydrogens is 358 g/mol. The van der Waals surface area contributed by atoms with Gasteiger partial charge in [0.25, 0.3) is 5.91 Å². The molecule has 0 spiro atoms. The second-order valence-electron chi connectivity index (χ2n) is 7.50. The van der Waals surface area contributed by atoms with Crippen molar-refractivity contribution in [2.75, 3.05) is 45.9 Å². The van der Waals surface area contributed by atoms with Gasteiger partial charge < -0.3 is 19.8 Å². The summed E-state index contributed by atoms with van der Waals surface area (Å²) in [6.07, 6.45) is 4.13. The molecule has 0 aliphatic carbocycles. The van der Waals surface area contributed by atoms with Crippen LogP contribution in [0.5, 0.6) is 0 Å². The summed E-state index contributed by atoms with van der Waals surface area (Å²) in [5, 5.41) is 10.9. The van der Waals surface area contributed by atoms with Gasteiger partial charge in [-0.2, -0.15) is 5.10 Å². The SMILES string of the molecule is Cc1ccc(C(CNC(=O)c2ccn(C3CCCNC3)n2)N2CCOCC2)o1. The highest BCUT2D eigenvalue weighted by molar-refractivity contribution is 5.92. The zero-order valence-electron chi connectivity index (χ0n) is 16.4. The van der Waals surface area contributed by atoms with Crippen LogP contribution in [-0.4, -0.2) is 66.5 Å². The molecule has 4 heterocycles. The largest absolute Gasteiger partial charge is 0.465 e. The fourth-order valence-electron chi connectivity index (χ4n) is 3.93. The summed E-state index contributed by atoms with van der Waals surface area (Å²) in [7, 11) is 0. The predicted octanol–water partition coefficient (Wildman–Crippen LogP) is 1.51. The van der Waals surface area contributed by atoms with Gasteiger partial charge in [-0.05, 0) is 44.5 Å². The molecule has 8 nitrogen and oxygen atoms in total. The van der Waals surface area contributed by atoms with Gasteiger partial charge in [-0.25, -0.2) is 0 Å². The number of rotatable bonds is 6. The third kappa shape index (κ3) is 4.45. The zero-order valence-corrected chi connectivity index (χ0v) is 16.4. The molecule has 2 aromatic heterocycles. The molecule has 152 valence electrons. The average Bonchev–Trinajstić information content (AvgIpc) is 3.39. The number of aryl methyl sites for hydroxylation is 1. The van der Waals surface area contributed by atoms with E-state index < -0.39 is 0 Å². The van der Waals surface area contributed by atoms with Crippen LogP contribution in [0.25, 0.3) is 0 Å². The molecule has 0 saturated carbocycles. The monoisotopic (exact) mass is 387 g/mol. The number of furan rings is 1. The van der Waals surface area contributed by atoms with Gasteiger partial charge >= 0.3 is 0 Å². The Morgan fingerprint density at radius 3 is 2.93 bits per heavy atom. The molecule has 0 bridgehead atoms. The fraction of sp³-hybridized carbons (Fsp3) is 0.600. The lowest BCUT2D eigenvalue weighted by Crippen LogP contribution is -2.43. The lowest BCUT2D eigenvalue weighted by Gasteiger charge is -2.33. The first kappa shape index (κ1) is 19.2. The van der Waals surface area contributed by atoms with Crippen molar-refractivity contribution in [3.63, 3.8) is 0 Å². The normalized spacial score (nSPS) is 22.1. The van der Waals surface area contributed by atoms with E-state index in [1.54, 1.807) is 6.07 Å². The smallest absolute Gasteiger partial charge is 0.271 e. The van der Waals surface area contributed by atoms with Gasteiger partial charge in [0, 0.05) is 32.4 Å². The minimum Gasteiger partial charge on any atom is -0.465 e. The summed E-state index contributed by atoms with van der Waals surface area (Å²) in [6.45, 7) is 7.41. The molecule has 0 radical (unpaired) electrons. The van der Waals surface area contributed by atoms with Gasteiger partial charge in [0.2, 0.25) is 0 Å². The van der Waals surface area contributed by atoms with Crippen molar-refractivity contribution in [1.29, 1.82) is 0 Å². The number of hydrogen-bond acceptors (Lipinski definition) is 6. The molecular formula is C20H29N5O3. The zero-order chi connectivity index (χ0) is 19.3. The molecule has 28 heavy (non-hydrogen) atoms. The Morgan fingerprint density at radius 1 is 1.36 bits per heavy atom. The Bertz CT molecular complexity index is 774. The minimum atomic E-state index is -0.149. The molecule has 2 aliphatic heterocycles. The summed E-state index contributed by atoms with van der Waals surface area (Å²) in [5.74, 6) is 1.60. The summed E-state index contributed by atoms with van der Waals surface area (Å²) >= 11 is 0. The lowest BCUT2D eigenvalue weighted by molar-refractivity contribution is 0.0116.